The Balaban J connectivity index is 1.94. The maximum atomic E-state index is 11.6. The molecule has 1 unspecified atom stereocenters. The summed E-state index contributed by atoms with van der Waals surface area (Å²) in [4.78, 5) is 4.14. The van der Waals surface area contributed by atoms with Crippen LogP contribution in [0, 0.1) is 0 Å². The molecule has 1 atom stereocenters. The molecular formula is C14H15N3O2S. The van der Waals surface area contributed by atoms with Gasteiger partial charge in [0, 0.05) is 6.20 Å². The number of sulfonamides is 1. The molecule has 0 spiro atoms. The molecular weight excluding hydrogens is 274 g/mol. The number of fused-ring (bicyclic) bond motifs is 1. The Morgan fingerprint density at radius 3 is 2.80 bits per heavy atom. The van der Waals surface area contributed by atoms with E-state index < -0.39 is 10.0 Å². The summed E-state index contributed by atoms with van der Waals surface area (Å²) < 4.78 is 23.1. The van der Waals surface area contributed by atoms with Crippen molar-refractivity contribution in [3.63, 3.8) is 0 Å². The molecule has 0 saturated heterocycles. The van der Waals surface area contributed by atoms with Crippen molar-refractivity contribution in [2.45, 2.75) is 23.8 Å². The summed E-state index contributed by atoms with van der Waals surface area (Å²) in [5.41, 5.74) is 2.48. The Hall–Kier alpha value is -1.92. The molecule has 20 heavy (non-hydrogen) atoms. The van der Waals surface area contributed by atoms with Crippen LogP contribution < -0.4 is 10.5 Å². The second-order valence-corrected chi connectivity index (χ2v) is 6.36. The summed E-state index contributed by atoms with van der Waals surface area (Å²) in [6, 6.07) is 11.2. The van der Waals surface area contributed by atoms with Crippen LogP contribution in [-0.4, -0.2) is 13.4 Å². The van der Waals surface area contributed by atoms with E-state index >= 15 is 0 Å². The maximum absolute atomic E-state index is 11.6. The van der Waals surface area contributed by atoms with E-state index in [1.807, 2.05) is 12.1 Å². The number of nitrogens with two attached hydrogens (primary N) is 1. The summed E-state index contributed by atoms with van der Waals surface area (Å²) in [7, 11) is -3.78. The molecule has 1 aliphatic carbocycles. The van der Waals surface area contributed by atoms with Gasteiger partial charge in [-0.05, 0) is 36.1 Å². The van der Waals surface area contributed by atoms with Crippen LogP contribution in [0.3, 0.4) is 0 Å². The average molecular weight is 289 g/mol. The third-order valence-electron chi connectivity index (χ3n) is 3.52. The van der Waals surface area contributed by atoms with Gasteiger partial charge in [-0.15, -0.1) is 0 Å². The van der Waals surface area contributed by atoms with Crippen LogP contribution in [0.5, 0.6) is 0 Å². The molecule has 2 aromatic rings. The van der Waals surface area contributed by atoms with Crippen molar-refractivity contribution in [1.82, 2.24) is 4.98 Å². The normalized spacial score (nSPS) is 17.8. The third-order valence-corrected chi connectivity index (χ3v) is 4.46. The largest absolute Gasteiger partial charge is 0.362 e. The van der Waals surface area contributed by atoms with Crippen LogP contribution in [0.4, 0.5) is 5.82 Å². The van der Waals surface area contributed by atoms with Gasteiger partial charge in [0.15, 0.2) is 0 Å². The van der Waals surface area contributed by atoms with E-state index in [0.29, 0.717) is 5.82 Å². The molecule has 0 saturated carbocycles. The van der Waals surface area contributed by atoms with Gasteiger partial charge < -0.3 is 5.32 Å². The molecule has 1 heterocycles. The van der Waals surface area contributed by atoms with Crippen molar-refractivity contribution in [1.29, 1.82) is 0 Å². The Labute approximate surface area is 117 Å². The van der Waals surface area contributed by atoms with Gasteiger partial charge in [0.25, 0.3) is 0 Å². The molecule has 1 aromatic carbocycles. The predicted octanol–water partition coefficient (Wildman–Crippen LogP) is 1.83. The third kappa shape index (κ3) is 2.39. The van der Waals surface area contributed by atoms with E-state index in [2.05, 4.69) is 22.4 Å². The fraction of sp³-hybridized carbons (Fsp3) is 0.214. The van der Waals surface area contributed by atoms with Crippen LogP contribution in [-0.2, 0) is 16.4 Å². The second-order valence-electron chi connectivity index (χ2n) is 4.83. The molecule has 6 heteroatoms. The highest BCUT2D eigenvalue weighted by Crippen LogP contribution is 2.34. The van der Waals surface area contributed by atoms with Crippen molar-refractivity contribution in [2.24, 2.45) is 5.14 Å². The fourth-order valence-corrected chi connectivity index (χ4v) is 3.25. The Morgan fingerprint density at radius 1 is 1.20 bits per heavy atom. The number of primary sulfonamides is 1. The lowest BCUT2D eigenvalue weighted by molar-refractivity contribution is 0.597. The van der Waals surface area contributed by atoms with Crippen LogP contribution in [0.2, 0.25) is 0 Å². The molecule has 0 amide bonds. The average Bonchev–Trinajstić information content (AvgIpc) is 2.82. The maximum Gasteiger partial charge on any atom is 0.241 e. The first-order valence-electron chi connectivity index (χ1n) is 6.38. The molecule has 5 nitrogen and oxygen atoms in total. The first kappa shape index (κ1) is 13.1. The van der Waals surface area contributed by atoms with E-state index in [-0.39, 0.29) is 10.9 Å². The number of benzene rings is 1. The predicted molar refractivity (Wildman–Crippen MR) is 76.7 cm³/mol. The smallest absolute Gasteiger partial charge is 0.241 e. The lowest BCUT2D eigenvalue weighted by Crippen LogP contribution is -2.17. The molecule has 0 aliphatic heterocycles. The van der Waals surface area contributed by atoms with Crippen molar-refractivity contribution in [3.8, 4) is 0 Å². The Kier molecular flexibility index (Phi) is 3.19. The topological polar surface area (TPSA) is 85.1 Å². The first-order chi connectivity index (χ1) is 9.55. The molecule has 0 fully saturated rings. The number of nitrogens with one attached hydrogen (secondary N) is 1. The number of aryl methyl sites for hydroxylation is 1. The fourth-order valence-electron chi connectivity index (χ4n) is 2.60. The number of nitrogens with zero attached hydrogens (tertiary/aromatic N) is 1. The minimum absolute atomic E-state index is 0.0318. The first-order valence-corrected chi connectivity index (χ1v) is 7.92. The van der Waals surface area contributed by atoms with Crippen molar-refractivity contribution < 1.29 is 8.42 Å². The zero-order valence-electron chi connectivity index (χ0n) is 10.8. The van der Waals surface area contributed by atoms with Gasteiger partial charge in [-0.25, -0.2) is 18.5 Å². The van der Waals surface area contributed by atoms with Crippen molar-refractivity contribution in [3.05, 3.63) is 53.7 Å². The number of pyridine rings is 1. The highest BCUT2D eigenvalue weighted by atomic mass is 32.2. The molecule has 104 valence electrons. The van der Waals surface area contributed by atoms with Crippen LogP contribution in [0.25, 0.3) is 0 Å². The van der Waals surface area contributed by atoms with Gasteiger partial charge in [0.2, 0.25) is 10.0 Å². The van der Waals surface area contributed by atoms with E-state index in [4.69, 9.17) is 5.14 Å². The SMILES string of the molecule is NS(=O)(=O)c1cccnc1NC1CCc2ccccc21. The highest BCUT2D eigenvalue weighted by Gasteiger charge is 2.24. The lowest BCUT2D eigenvalue weighted by Gasteiger charge is -2.16. The van der Waals surface area contributed by atoms with Gasteiger partial charge in [-0.2, -0.15) is 0 Å². The zero-order valence-corrected chi connectivity index (χ0v) is 11.6. The van der Waals surface area contributed by atoms with Crippen LogP contribution >= 0.6 is 0 Å². The van der Waals surface area contributed by atoms with Crippen molar-refractivity contribution in [2.75, 3.05) is 5.32 Å². The number of hydrogen-bond donors (Lipinski definition) is 2. The van der Waals surface area contributed by atoms with E-state index in [1.165, 1.54) is 17.2 Å². The van der Waals surface area contributed by atoms with Crippen molar-refractivity contribution >= 4 is 15.8 Å². The minimum Gasteiger partial charge on any atom is -0.362 e. The van der Waals surface area contributed by atoms with E-state index in [9.17, 15) is 8.42 Å². The summed E-state index contributed by atoms with van der Waals surface area (Å²) in [5, 5.41) is 8.42. The second kappa shape index (κ2) is 4.88. The lowest BCUT2D eigenvalue weighted by atomic mass is 10.1. The van der Waals surface area contributed by atoms with Crippen LogP contribution in [0.1, 0.15) is 23.6 Å². The van der Waals surface area contributed by atoms with E-state index in [0.717, 1.165) is 12.8 Å². The monoisotopic (exact) mass is 289 g/mol. The van der Waals surface area contributed by atoms with E-state index in [1.54, 1.807) is 12.3 Å². The quantitative estimate of drug-likeness (QED) is 0.902. The summed E-state index contributed by atoms with van der Waals surface area (Å²) in [6.45, 7) is 0. The molecule has 0 radical (unpaired) electrons. The summed E-state index contributed by atoms with van der Waals surface area (Å²) in [6.07, 6.45) is 3.45. The zero-order chi connectivity index (χ0) is 14.2. The van der Waals surface area contributed by atoms with Gasteiger partial charge in [-0.1, -0.05) is 24.3 Å². The molecule has 1 aliphatic rings. The van der Waals surface area contributed by atoms with Crippen LogP contribution in [0.15, 0.2) is 47.5 Å². The van der Waals surface area contributed by atoms with Gasteiger partial charge in [0.05, 0.1) is 6.04 Å². The number of rotatable bonds is 3. The Morgan fingerprint density at radius 2 is 2.00 bits per heavy atom. The summed E-state index contributed by atoms with van der Waals surface area (Å²) >= 11 is 0. The standard InChI is InChI=1S/C14H15N3O2S/c15-20(18,19)13-6-3-9-16-14(13)17-12-8-7-10-4-1-2-5-11(10)12/h1-6,9,12H,7-8H2,(H,16,17)(H2,15,18,19). The number of hydrogen-bond acceptors (Lipinski definition) is 4. The van der Waals surface area contributed by atoms with Gasteiger partial charge in [-0.3, -0.25) is 0 Å². The molecule has 3 N–H and O–H groups in total. The van der Waals surface area contributed by atoms with Gasteiger partial charge in [0.1, 0.15) is 10.7 Å². The Bertz CT molecular complexity index is 744. The molecule has 3 rings (SSSR count). The molecule has 1 aromatic heterocycles. The minimum atomic E-state index is -3.78. The van der Waals surface area contributed by atoms with Gasteiger partial charge >= 0.3 is 0 Å². The molecule has 0 bridgehead atoms. The number of anilines is 1. The summed E-state index contributed by atoms with van der Waals surface area (Å²) in [5.74, 6) is 0.316. The number of aromatic nitrogens is 1. The highest BCUT2D eigenvalue weighted by molar-refractivity contribution is 7.89.